The van der Waals surface area contributed by atoms with Crippen LogP contribution in [0.2, 0.25) is 5.02 Å². The maximum atomic E-state index is 6.13. The van der Waals surface area contributed by atoms with Crippen molar-refractivity contribution in [3.05, 3.63) is 23.2 Å². The molecule has 1 rings (SSSR count). The van der Waals surface area contributed by atoms with Crippen molar-refractivity contribution in [2.24, 2.45) is 0 Å². The van der Waals surface area contributed by atoms with Crippen LogP contribution in [-0.4, -0.2) is 26.9 Å². The second-order valence-corrected chi connectivity index (χ2v) is 3.96. The normalized spacial score (nSPS) is 12.2. The van der Waals surface area contributed by atoms with Crippen molar-refractivity contribution in [3.63, 3.8) is 0 Å². The molecule has 0 aliphatic carbocycles. The van der Waals surface area contributed by atoms with Gasteiger partial charge in [0.1, 0.15) is 5.75 Å². The molecule has 1 unspecified atom stereocenters. The molecular formula is C12H18ClNO2. The molecule has 1 aromatic rings. The van der Waals surface area contributed by atoms with Crippen molar-refractivity contribution in [1.29, 1.82) is 0 Å². The molecule has 0 aliphatic heterocycles. The third kappa shape index (κ3) is 3.58. The number of hydrogen-bond donors (Lipinski definition) is 1. The Hall–Kier alpha value is -0.930. The summed E-state index contributed by atoms with van der Waals surface area (Å²) in [5.74, 6) is 0.760. The van der Waals surface area contributed by atoms with Gasteiger partial charge in [0, 0.05) is 19.2 Å². The lowest BCUT2D eigenvalue weighted by atomic mass is 10.2. The average Bonchev–Trinajstić information content (AvgIpc) is 2.30. The molecule has 4 heteroatoms. The molecule has 0 aliphatic rings. The molecule has 1 N–H and O–H groups in total. The van der Waals surface area contributed by atoms with Gasteiger partial charge in [-0.2, -0.15) is 0 Å². The molecule has 0 radical (unpaired) electrons. The maximum absolute atomic E-state index is 6.13. The SMILES string of the molecule is CCC(COC)Nc1ccc(OC)cc1Cl. The average molecular weight is 244 g/mol. The molecule has 0 amide bonds. The Morgan fingerprint density at radius 2 is 2.12 bits per heavy atom. The van der Waals surface area contributed by atoms with Gasteiger partial charge in [-0.1, -0.05) is 18.5 Å². The summed E-state index contributed by atoms with van der Waals surface area (Å²) in [5, 5.41) is 4.00. The van der Waals surface area contributed by atoms with Crippen molar-refractivity contribution < 1.29 is 9.47 Å². The van der Waals surface area contributed by atoms with Crippen molar-refractivity contribution >= 4 is 17.3 Å². The highest BCUT2D eigenvalue weighted by atomic mass is 35.5. The van der Waals surface area contributed by atoms with E-state index >= 15 is 0 Å². The van der Waals surface area contributed by atoms with Crippen LogP contribution in [-0.2, 0) is 4.74 Å². The van der Waals surface area contributed by atoms with Crippen molar-refractivity contribution in [2.75, 3.05) is 26.1 Å². The number of benzene rings is 1. The number of hydrogen-bond acceptors (Lipinski definition) is 3. The van der Waals surface area contributed by atoms with E-state index in [0.29, 0.717) is 11.6 Å². The maximum Gasteiger partial charge on any atom is 0.120 e. The van der Waals surface area contributed by atoms with E-state index in [1.807, 2.05) is 12.1 Å². The first-order chi connectivity index (χ1) is 7.71. The van der Waals surface area contributed by atoms with Crippen LogP contribution in [0.5, 0.6) is 5.75 Å². The van der Waals surface area contributed by atoms with Crippen LogP contribution in [0.4, 0.5) is 5.69 Å². The summed E-state index contributed by atoms with van der Waals surface area (Å²) in [6.45, 7) is 2.77. The minimum atomic E-state index is 0.274. The molecule has 0 aromatic heterocycles. The van der Waals surface area contributed by atoms with Crippen LogP contribution in [0.15, 0.2) is 18.2 Å². The standard InChI is InChI=1S/C12H18ClNO2/c1-4-9(8-15-2)14-12-6-5-10(16-3)7-11(12)13/h5-7,9,14H,4,8H2,1-3H3. The van der Waals surface area contributed by atoms with E-state index < -0.39 is 0 Å². The fourth-order valence-corrected chi connectivity index (χ4v) is 1.65. The van der Waals surface area contributed by atoms with Crippen LogP contribution in [0, 0.1) is 0 Å². The van der Waals surface area contributed by atoms with E-state index in [1.165, 1.54) is 0 Å². The first-order valence-corrected chi connectivity index (χ1v) is 5.68. The summed E-state index contributed by atoms with van der Waals surface area (Å²) in [4.78, 5) is 0. The molecule has 1 atom stereocenters. The van der Waals surface area contributed by atoms with Crippen molar-refractivity contribution in [2.45, 2.75) is 19.4 Å². The van der Waals surface area contributed by atoms with Gasteiger partial charge in [-0.25, -0.2) is 0 Å². The van der Waals surface area contributed by atoms with Gasteiger partial charge in [0.05, 0.1) is 24.4 Å². The van der Waals surface area contributed by atoms with Crippen molar-refractivity contribution in [3.8, 4) is 5.75 Å². The zero-order valence-electron chi connectivity index (χ0n) is 9.92. The van der Waals surface area contributed by atoms with Crippen molar-refractivity contribution in [1.82, 2.24) is 0 Å². The van der Waals surface area contributed by atoms with Crippen LogP contribution in [0.25, 0.3) is 0 Å². The summed E-state index contributed by atoms with van der Waals surface area (Å²) in [6, 6.07) is 5.87. The van der Waals surface area contributed by atoms with E-state index in [2.05, 4.69) is 12.2 Å². The van der Waals surface area contributed by atoms with Gasteiger partial charge in [-0.3, -0.25) is 0 Å². The molecule has 3 nitrogen and oxygen atoms in total. The van der Waals surface area contributed by atoms with Gasteiger partial charge in [-0.15, -0.1) is 0 Å². The molecule has 0 heterocycles. The lowest BCUT2D eigenvalue weighted by Gasteiger charge is -2.18. The Labute approximate surface area is 102 Å². The predicted octanol–water partition coefficient (Wildman–Crippen LogP) is 3.19. The summed E-state index contributed by atoms with van der Waals surface area (Å²) in [5.41, 5.74) is 0.909. The fourth-order valence-electron chi connectivity index (χ4n) is 1.42. The smallest absolute Gasteiger partial charge is 0.120 e. The number of nitrogens with one attached hydrogen (secondary N) is 1. The van der Waals surface area contributed by atoms with Gasteiger partial charge in [0.15, 0.2) is 0 Å². The van der Waals surface area contributed by atoms with E-state index in [-0.39, 0.29) is 6.04 Å². The third-order valence-electron chi connectivity index (χ3n) is 2.40. The highest BCUT2D eigenvalue weighted by Gasteiger charge is 2.08. The van der Waals surface area contributed by atoms with E-state index in [1.54, 1.807) is 20.3 Å². The molecule has 16 heavy (non-hydrogen) atoms. The Morgan fingerprint density at radius 1 is 1.38 bits per heavy atom. The lowest BCUT2D eigenvalue weighted by molar-refractivity contribution is 0.184. The zero-order valence-corrected chi connectivity index (χ0v) is 10.7. The monoisotopic (exact) mass is 243 g/mol. The highest BCUT2D eigenvalue weighted by molar-refractivity contribution is 6.33. The highest BCUT2D eigenvalue weighted by Crippen LogP contribution is 2.27. The zero-order chi connectivity index (χ0) is 12.0. The van der Waals surface area contributed by atoms with Gasteiger partial charge >= 0.3 is 0 Å². The largest absolute Gasteiger partial charge is 0.497 e. The topological polar surface area (TPSA) is 30.5 Å². The molecule has 0 bridgehead atoms. The molecule has 0 saturated heterocycles. The van der Waals surface area contributed by atoms with Crippen LogP contribution in [0.3, 0.4) is 0 Å². The molecular weight excluding hydrogens is 226 g/mol. The second kappa shape index (κ2) is 6.61. The lowest BCUT2D eigenvalue weighted by Crippen LogP contribution is -2.23. The van der Waals surface area contributed by atoms with Gasteiger partial charge in [-0.05, 0) is 18.6 Å². The molecule has 0 spiro atoms. The van der Waals surface area contributed by atoms with Gasteiger partial charge in [0.25, 0.3) is 0 Å². The van der Waals surface area contributed by atoms with E-state index in [9.17, 15) is 0 Å². The van der Waals surface area contributed by atoms with Crippen LogP contribution in [0.1, 0.15) is 13.3 Å². The minimum Gasteiger partial charge on any atom is -0.497 e. The van der Waals surface area contributed by atoms with Crippen LogP contribution < -0.4 is 10.1 Å². The molecule has 0 fully saturated rings. The Bertz CT molecular complexity index is 331. The minimum absolute atomic E-state index is 0.274. The fraction of sp³-hybridized carbons (Fsp3) is 0.500. The number of methoxy groups -OCH3 is 2. The number of anilines is 1. The van der Waals surface area contributed by atoms with E-state index in [0.717, 1.165) is 17.9 Å². The Kier molecular flexibility index (Phi) is 5.43. The van der Waals surface area contributed by atoms with Gasteiger partial charge < -0.3 is 14.8 Å². The summed E-state index contributed by atoms with van der Waals surface area (Å²) in [6.07, 6.45) is 0.982. The number of rotatable bonds is 6. The first-order valence-electron chi connectivity index (χ1n) is 5.30. The first kappa shape index (κ1) is 13.1. The molecule has 1 aromatic carbocycles. The van der Waals surface area contributed by atoms with E-state index in [4.69, 9.17) is 21.1 Å². The number of ether oxygens (including phenoxy) is 2. The quantitative estimate of drug-likeness (QED) is 0.833. The van der Waals surface area contributed by atoms with Gasteiger partial charge in [0.2, 0.25) is 0 Å². The molecule has 90 valence electrons. The van der Waals surface area contributed by atoms with Crippen LogP contribution >= 0.6 is 11.6 Å². The Balaban J connectivity index is 2.72. The third-order valence-corrected chi connectivity index (χ3v) is 2.71. The Morgan fingerprint density at radius 3 is 2.62 bits per heavy atom. The summed E-state index contributed by atoms with van der Waals surface area (Å²) < 4.78 is 10.2. The molecule has 0 saturated carbocycles. The predicted molar refractivity (Wildman–Crippen MR) is 67.6 cm³/mol. The number of halogens is 1. The summed E-state index contributed by atoms with van der Waals surface area (Å²) >= 11 is 6.13. The second-order valence-electron chi connectivity index (χ2n) is 3.55. The summed E-state index contributed by atoms with van der Waals surface area (Å²) in [7, 11) is 3.32.